The number of H-pyrrole nitrogens is 1. The van der Waals surface area contributed by atoms with Gasteiger partial charge in [-0.05, 0) is 18.2 Å². The van der Waals surface area contributed by atoms with Crippen molar-refractivity contribution in [2.45, 2.75) is 19.1 Å². The molecule has 146 valence electrons. The summed E-state index contributed by atoms with van der Waals surface area (Å²) < 4.78 is 40.5. The zero-order valence-electron chi connectivity index (χ0n) is 14.2. The van der Waals surface area contributed by atoms with E-state index in [9.17, 15) is 13.2 Å². The van der Waals surface area contributed by atoms with Crippen LogP contribution in [0.1, 0.15) is 17.0 Å². The van der Waals surface area contributed by atoms with Crippen LogP contribution >= 0.6 is 23.2 Å². The lowest BCUT2D eigenvalue weighted by Gasteiger charge is -2.29. The van der Waals surface area contributed by atoms with Gasteiger partial charge in [0.2, 0.25) is 5.95 Å². The largest absolute Gasteiger partial charge is 0.421 e. The van der Waals surface area contributed by atoms with Gasteiger partial charge < -0.3 is 15.2 Å². The van der Waals surface area contributed by atoms with Crippen LogP contribution in [0.4, 0.5) is 30.6 Å². The molecule has 0 radical (unpaired) electrons. The highest BCUT2D eigenvalue weighted by molar-refractivity contribution is 6.42. The van der Waals surface area contributed by atoms with Crippen LogP contribution in [-0.4, -0.2) is 26.5 Å². The standard InChI is InChI=1S/C17H13Cl2F3N6/c18-11-2-1-9(5-12(11)19)26-16-23-6-10(17(20,21)22)15(27-16)28-4-3-13-14(7-28)25-8-24-13/h1-2,5-6,8H,3-4,7H2,(H,24,25)(H,23,26,27). The highest BCUT2D eigenvalue weighted by Gasteiger charge is 2.37. The molecule has 4 rings (SSSR count). The molecule has 0 aliphatic carbocycles. The summed E-state index contributed by atoms with van der Waals surface area (Å²) in [5, 5.41) is 3.54. The maximum absolute atomic E-state index is 13.5. The lowest BCUT2D eigenvalue weighted by molar-refractivity contribution is -0.137. The fourth-order valence-electron chi connectivity index (χ4n) is 2.97. The minimum Gasteiger partial charge on any atom is -0.350 e. The van der Waals surface area contributed by atoms with Crippen molar-refractivity contribution in [3.05, 3.63) is 57.7 Å². The van der Waals surface area contributed by atoms with Gasteiger partial charge in [0.15, 0.2) is 0 Å². The second kappa shape index (κ2) is 7.14. The Morgan fingerprint density at radius 1 is 1.14 bits per heavy atom. The maximum atomic E-state index is 13.5. The lowest BCUT2D eigenvalue weighted by atomic mass is 10.1. The van der Waals surface area contributed by atoms with Crippen LogP contribution in [0.3, 0.4) is 0 Å². The Labute approximate surface area is 167 Å². The van der Waals surface area contributed by atoms with E-state index >= 15 is 0 Å². The molecule has 1 aliphatic heterocycles. The first-order chi connectivity index (χ1) is 13.3. The molecule has 2 aromatic heterocycles. The Hall–Kier alpha value is -2.52. The van der Waals surface area contributed by atoms with E-state index in [2.05, 4.69) is 25.3 Å². The zero-order chi connectivity index (χ0) is 19.9. The monoisotopic (exact) mass is 428 g/mol. The predicted molar refractivity (Wildman–Crippen MR) is 100 cm³/mol. The molecule has 1 aliphatic rings. The van der Waals surface area contributed by atoms with Crippen molar-refractivity contribution >= 4 is 40.7 Å². The topological polar surface area (TPSA) is 69.7 Å². The second-order valence-electron chi connectivity index (χ2n) is 6.18. The Kier molecular flexibility index (Phi) is 4.80. The number of hydrogen-bond donors (Lipinski definition) is 2. The molecule has 0 unspecified atom stereocenters. The summed E-state index contributed by atoms with van der Waals surface area (Å²) in [5.41, 5.74) is 1.25. The van der Waals surface area contributed by atoms with Gasteiger partial charge in [-0.3, -0.25) is 0 Å². The van der Waals surface area contributed by atoms with Gasteiger partial charge in [0.1, 0.15) is 11.4 Å². The quantitative estimate of drug-likeness (QED) is 0.624. The summed E-state index contributed by atoms with van der Waals surface area (Å²) in [7, 11) is 0. The minimum absolute atomic E-state index is 0.0248. The molecule has 11 heteroatoms. The number of anilines is 3. The first kappa shape index (κ1) is 18.8. The first-order valence-electron chi connectivity index (χ1n) is 8.23. The summed E-state index contributed by atoms with van der Waals surface area (Å²) in [6.07, 6.45) is -1.73. The lowest BCUT2D eigenvalue weighted by Crippen LogP contribution is -2.33. The number of alkyl halides is 3. The molecule has 0 saturated heterocycles. The van der Waals surface area contributed by atoms with E-state index in [4.69, 9.17) is 23.2 Å². The van der Waals surface area contributed by atoms with Gasteiger partial charge >= 0.3 is 6.18 Å². The smallest absolute Gasteiger partial charge is 0.350 e. The van der Waals surface area contributed by atoms with Gasteiger partial charge in [-0.2, -0.15) is 18.2 Å². The Morgan fingerprint density at radius 2 is 1.96 bits per heavy atom. The number of fused-ring (bicyclic) bond motifs is 1. The van der Waals surface area contributed by atoms with E-state index < -0.39 is 11.7 Å². The highest BCUT2D eigenvalue weighted by atomic mass is 35.5. The summed E-state index contributed by atoms with van der Waals surface area (Å²) in [6.45, 7) is 0.617. The number of imidazole rings is 1. The van der Waals surface area contributed by atoms with Gasteiger partial charge in [0.05, 0.1) is 34.3 Å². The molecule has 2 N–H and O–H groups in total. The Morgan fingerprint density at radius 3 is 2.71 bits per heavy atom. The summed E-state index contributed by atoms with van der Waals surface area (Å²) in [6, 6.07) is 4.75. The normalized spacial score (nSPS) is 14.1. The third-order valence-electron chi connectivity index (χ3n) is 4.32. The number of hydrogen-bond acceptors (Lipinski definition) is 5. The molecular formula is C17H13Cl2F3N6. The minimum atomic E-state index is -4.58. The van der Waals surface area contributed by atoms with E-state index in [0.717, 1.165) is 17.6 Å². The van der Waals surface area contributed by atoms with Crippen LogP contribution < -0.4 is 10.2 Å². The average molecular weight is 429 g/mol. The van der Waals surface area contributed by atoms with Gasteiger partial charge in [-0.25, -0.2) is 9.97 Å². The maximum Gasteiger partial charge on any atom is 0.421 e. The molecule has 6 nitrogen and oxygen atoms in total. The number of nitrogens with one attached hydrogen (secondary N) is 2. The van der Waals surface area contributed by atoms with Crippen LogP contribution in [0.15, 0.2) is 30.7 Å². The van der Waals surface area contributed by atoms with E-state index in [0.29, 0.717) is 28.7 Å². The molecule has 1 aromatic carbocycles. The highest BCUT2D eigenvalue weighted by Crippen LogP contribution is 2.37. The Balaban J connectivity index is 1.69. The van der Waals surface area contributed by atoms with Crippen LogP contribution in [0.2, 0.25) is 10.0 Å². The molecule has 0 atom stereocenters. The molecule has 0 amide bonds. The van der Waals surface area contributed by atoms with E-state index in [-0.39, 0.29) is 18.3 Å². The van der Waals surface area contributed by atoms with E-state index in [1.807, 2.05) is 0 Å². The molecule has 28 heavy (non-hydrogen) atoms. The molecule has 0 fully saturated rings. The van der Waals surface area contributed by atoms with Crippen molar-refractivity contribution in [1.82, 2.24) is 19.9 Å². The third kappa shape index (κ3) is 3.72. The number of aromatic amines is 1. The molecular weight excluding hydrogens is 416 g/mol. The molecule has 3 heterocycles. The van der Waals surface area contributed by atoms with Gasteiger partial charge in [-0.1, -0.05) is 23.2 Å². The van der Waals surface area contributed by atoms with Gasteiger partial charge in [0, 0.05) is 24.8 Å². The van der Waals surface area contributed by atoms with Crippen molar-refractivity contribution in [2.75, 3.05) is 16.8 Å². The average Bonchev–Trinajstić information content (AvgIpc) is 3.11. The number of benzene rings is 1. The predicted octanol–water partition coefficient (Wildman–Crippen LogP) is 4.83. The van der Waals surface area contributed by atoms with E-state index in [1.165, 1.54) is 6.33 Å². The Bertz CT molecular complexity index is 1020. The molecule has 0 spiro atoms. The second-order valence-corrected chi connectivity index (χ2v) is 7.00. The third-order valence-corrected chi connectivity index (χ3v) is 5.06. The van der Waals surface area contributed by atoms with Crippen molar-refractivity contribution in [3.8, 4) is 0 Å². The van der Waals surface area contributed by atoms with Crippen LogP contribution in [0, 0.1) is 0 Å². The van der Waals surface area contributed by atoms with Crippen LogP contribution in [0.5, 0.6) is 0 Å². The van der Waals surface area contributed by atoms with Gasteiger partial charge in [-0.15, -0.1) is 0 Å². The number of aromatic nitrogens is 4. The van der Waals surface area contributed by atoms with Crippen LogP contribution in [-0.2, 0) is 19.1 Å². The van der Waals surface area contributed by atoms with Gasteiger partial charge in [0.25, 0.3) is 0 Å². The molecule has 0 saturated carbocycles. The van der Waals surface area contributed by atoms with Crippen LogP contribution in [0.25, 0.3) is 0 Å². The summed E-state index contributed by atoms with van der Waals surface area (Å²) in [4.78, 5) is 16.7. The number of halogens is 5. The van der Waals surface area contributed by atoms with Crippen molar-refractivity contribution in [1.29, 1.82) is 0 Å². The van der Waals surface area contributed by atoms with Crippen molar-refractivity contribution in [2.24, 2.45) is 0 Å². The molecule has 0 bridgehead atoms. The fourth-order valence-corrected chi connectivity index (χ4v) is 3.27. The van der Waals surface area contributed by atoms with Crippen molar-refractivity contribution in [3.63, 3.8) is 0 Å². The SMILES string of the molecule is FC(F)(F)c1cnc(Nc2ccc(Cl)c(Cl)c2)nc1N1CCc2nc[nH]c2C1. The fraction of sp³-hybridized carbons (Fsp3) is 0.235. The van der Waals surface area contributed by atoms with Crippen molar-refractivity contribution < 1.29 is 13.2 Å². The number of nitrogens with zero attached hydrogens (tertiary/aromatic N) is 4. The number of rotatable bonds is 3. The summed E-state index contributed by atoms with van der Waals surface area (Å²) in [5.74, 6) is -0.165. The zero-order valence-corrected chi connectivity index (χ0v) is 15.7. The first-order valence-corrected chi connectivity index (χ1v) is 8.99. The van der Waals surface area contributed by atoms with E-state index in [1.54, 1.807) is 23.1 Å². The summed E-state index contributed by atoms with van der Waals surface area (Å²) >= 11 is 11.9. The molecule has 3 aromatic rings.